The minimum absolute atomic E-state index is 0.226. The summed E-state index contributed by atoms with van der Waals surface area (Å²) < 4.78 is 5.67. The molecule has 0 saturated carbocycles. The van der Waals surface area contributed by atoms with Crippen molar-refractivity contribution >= 4 is 23.1 Å². The average molecular weight is 364 g/mol. The first-order chi connectivity index (χ1) is 12.5. The Morgan fingerprint density at radius 1 is 0.846 bits per heavy atom. The van der Waals surface area contributed by atoms with Crippen molar-refractivity contribution in [1.29, 1.82) is 0 Å². The van der Waals surface area contributed by atoms with Crippen molar-refractivity contribution < 1.29 is 14.3 Å². The molecule has 3 nitrogen and oxygen atoms in total. The van der Waals surface area contributed by atoms with Crippen LogP contribution in [0.2, 0.25) is 0 Å². The molecule has 1 heterocycles. The molecule has 3 rings (SSSR count). The van der Waals surface area contributed by atoms with Crippen LogP contribution in [0.5, 0.6) is 0 Å². The summed E-state index contributed by atoms with van der Waals surface area (Å²) in [4.78, 5) is 26.2. The fourth-order valence-corrected chi connectivity index (χ4v) is 3.43. The molecule has 1 atom stereocenters. The summed E-state index contributed by atoms with van der Waals surface area (Å²) in [6, 6.07) is 16.6. The Hall–Kier alpha value is -2.72. The smallest absolute Gasteiger partial charge is 0.349 e. The zero-order valence-corrected chi connectivity index (χ0v) is 15.8. The molecule has 0 amide bonds. The maximum absolute atomic E-state index is 13.1. The standard InChI is InChI=1S/C22H20O3S/c1-14-4-8-17(9-5-14)19(23)20(18-10-6-15(2)7-11-18)25-22(24)21-16(3)12-13-26-21/h4-13,20H,1-3H3/t20-/m0/s1. The number of ketones is 1. The van der Waals surface area contributed by atoms with E-state index in [1.807, 2.05) is 68.6 Å². The van der Waals surface area contributed by atoms with Crippen molar-refractivity contribution in [3.63, 3.8) is 0 Å². The zero-order chi connectivity index (χ0) is 18.7. The summed E-state index contributed by atoms with van der Waals surface area (Å²) in [6.45, 7) is 5.79. The Kier molecular flexibility index (Phi) is 5.33. The van der Waals surface area contributed by atoms with Gasteiger partial charge in [0.15, 0.2) is 6.10 Å². The first kappa shape index (κ1) is 18.1. The lowest BCUT2D eigenvalue weighted by Crippen LogP contribution is -2.20. The zero-order valence-electron chi connectivity index (χ0n) is 15.0. The number of esters is 1. The molecule has 0 saturated heterocycles. The number of rotatable bonds is 5. The lowest BCUT2D eigenvalue weighted by Gasteiger charge is -2.18. The van der Waals surface area contributed by atoms with Gasteiger partial charge in [0.25, 0.3) is 0 Å². The fraction of sp³-hybridized carbons (Fsp3) is 0.182. The number of carbonyl (C=O) groups excluding carboxylic acids is 2. The normalized spacial score (nSPS) is 11.8. The highest BCUT2D eigenvalue weighted by molar-refractivity contribution is 7.12. The Morgan fingerprint density at radius 2 is 1.42 bits per heavy atom. The van der Waals surface area contributed by atoms with Crippen molar-refractivity contribution in [1.82, 2.24) is 0 Å². The van der Waals surface area contributed by atoms with Gasteiger partial charge in [-0.25, -0.2) is 4.79 Å². The van der Waals surface area contributed by atoms with Gasteiger partial charge in [0.05, 0.1) is 0 Å². The van der Waals surface area contributed by atoms with Crippen molar-refractivity contribution in [2.75, 3.05) is 0 Å². The molecule has 1 aromatic heterocycles. The maximum Gasteiger partial charge on any atom is 0.349 e. The van der Waals surface area contributed by atoms with E-state index in [-0.39, 0.29) is 5.78 Å². The van der Waals surface area contributed by atoms with Crippen LogP contribution in [0.15, 0.2) is 60.0 Å². The molecule has 0 fully saturated rings. The Morgan fingerprint density at radius 3 is 1.96 bits per heavy atom. The predicted molar refractivity (Wildman–Crippen MR) is 104 cm³/mol. The van der Waals surface area contributed by atoms with Gasteiger partial charge in [0, 0.05) is 11.1 Å². The molecule has 0 radical (unpaired) electrons. The molecule has 0 aliphatic rings. The molecule has 3 aromatic rings. The highest BCUT2D eigenvalue weighted by atomic mass is 32.1. The van der Waals surface area contributed by atoms with Gasteiger partial charge in [-0.1, -0.05) is 59.7 Å². The maximum atomic E-state index is 13.1. The third kappa shape index (κ3) is 3.92. The van der Waals surface area contributed by atoms with E-state index in [0.717, 1.165) is 16.7 Å². The van der Waals surface area contributed by atoms with Gasteiger partial charge in [0.1, 0.15) is 4.88 Å². The summed E-state index contributed by atoms with van der Waals surface area (Å²) in [5.41, 5.74) is 4.20. The number of hydrogen-bond acceptors (Lipinski definition) is 4. The fourth-order valence-electron chi connectivity index (χ4n) is 2.63. The summed E-state index contributed by atoms with van der Waals surface area (Å²) >= 11 is 1.32. The van der Waals surface area contributed by atoms with E-state index in [9.17, 15) is 9.59 Å². The van der Waals surface area contributed by atoms with Gasteiger partial charge < -0.3 is 4.74 Å². The van der Waals surface area contributed by atoms with E-state index in [0.29, 0.717) is 16.0 Å². The molecule has 132 valence electrons. The van der Waals surface area contributed by atoms with E-state index in [1.165, 1.54) is 11.3 Å². The summed E-state index contributed by atoms with van der Waals surface area (Å²) in [6.07, 6.45) is -0.965. The van der Waals surface area contributed by atoms with E-state index in [1.54, 1.807) is 12.1 Å². The second-order valence-corrected chi connectivity index (χ2v) is 7.28. The number of benzene rings is 2. The van der Waals surface area contributed by atoms with Gasteiger partial charge in [0.2, 0.25) is 5.78 Å². The van der Waals surface area contributed by atoms with Crippen LogP contribution in [0.4, 0.5) is 0 Å². The van der Waals surface area contributed by atoms with Crippen LogP contribution in [-0.2, 0) is 4.74 Å². The first-order valence-corrected chi connectivity index (χ1v) is 9.26. The van der Waals surface area contributed by atoms with Gasteiger partial charge in [-0.15, -0.1) is 11.3 Å². The molecule has 26 heavy (non-hydrogen) atoms. The molecule has 0 aliphatic heterocycles. The molecule has 0 bridgehead atoms. The highest BCUT2D eigenvalue weighted by Crippen LogP contribution is 2.26. The van der Waals surface area contributed by atoms with Crippen molar-refractivity contribution in [3.05, 3.63) is 92.7 Å². The van der Waals surface area contributed by atoms with Gasteiger partial charge in [-0.05, 0) is 37.8 Å². The van der Waals surface area contributed by atoms with E-state index in [4.69, 9.17) is 4.74 Å². The Labute approximate surface area is 157 Å². The largest absolute Gasteiger partial charge is 0.445 e. The van der Waals surface area contributed by atoms with Crippen LogP contribution in [0.1, 0.15) is 48.4 Å². The number of thiophene rings is 1. The molecule has 0 unspecified atom stereocenters. The molecule has 0 spiro atoms. The molecular formula is C22H20O3S. The highest BCUT2D eigenvalue weighted by Gasteiger charge is 2.27. The van der Waals surface area contributed by atoms with E-state index >= 15 is 0 Å². The lowest BCUT2D eigenvalue weighted by molar-refractivity contribution is 0.0284. The van der Waals surface area contributed by atoms with Crippen LogP contribution in [0.25, 0.3) is 0 Å². The molecular weight excluding hydrogens is 344 g/mol. The molecule has 2 aromatic carbocycles. The van der Waals surface area contributed by atoms with Gasteiger partial charge in [-0.3, -0.25) is 4.79 Å². The number of hydrogen-bond donors (Lipinski definition) is 0. The number of Topliss-reactive ketones (excluding diaryl/α,β-unsaturated/α-hetero) is 1. The van der Waals surface area contributed by atoms with Crippen molar-refractivity contribution in [2.24, 2.45) is 0 Å². The quantitative estimate of drug-likeness (QED) is 0.446. The third-order valence-corrected chi connectivity index (χ3v) is 5.22. The van der Waals surface area contributed by atoms with E-state index in [2.05, 4.69) is 0 Å². The summed E-state index contributed by atoms with van der Waals surface area (Å²) in [5.74, 6) is -0.694. The minimum atomic E-state index is -0.965. The Balaban J connectivity index is 1.94. The topological polar surface area (TPSA) is 43.4 Å². The monoisotopic (exact) mass is 364 g/mol. The van der Waals surface area contributed by atoms with Crippen LogP contribution in [0.3, 0.4) is 0 Å². The van der Waals surface area contributed by atoms with Crippen LogP contribution >= 0.6 is 11.3 Å². The summed E-state index contributed by atoms with van der Waals surface area (Å²) in [5, 5.41) is 1.84. The summed E-state index contributed by atoms with van der Waals surface area (Å²) in [7, 11) is 0. The minimum Gasteiger partial charge on any atom is -0.445 e. The van der Waals surface area contributed by atoms with Gasteiger partial charge in [-0.2, -0.15) is 0 Å². The van der Waals surface area contributed by atoms with Crippen molar-refractivity contribution in [3.8, 4) is 0 Å². The second-order valence-electron chi connectivity index (χ2n) is 6.36. The van der Waals surface area contributed by atoms with E-state index < -0.39 is 12.1 Å². The Bertz CT molecular complexity index is 921. The van der Waals surface area contributed by atoms with Crippen LogP contribution < -0.4 is 0 Å². The van der Waals surface area contributed by atoms with Crippen molar-refractivity contribution in [2.45, 2.75) is 26.9 Å². The third-order valence-electron chi connectivity index (χ3n) is 4.23. The molecule has 0 N–H and O–H groups in total. The molecule has 4 heteroatoms. The van der Waals surface area contributed by atoms with Crippen LogP contribution in [0, 0.1) is 20.8 Å². The SMILES string of the molecule is Cc1ccc(C(=O)[C@@H](OC(=O)c2sccc2C)c2ccc(C)cc2)cc1. The van der Waals surface area contributed by atoms with Gasteiger partial charge >= 0.3 is 5.97 Å². The number of ether oxygens (including phenoxy) is 1. The lowest BCUT2D eigenvalue weighted by atomic mass is 9.98. The second kappa shape index (κ2) is 7.67. The first-order valence-electron chi connectivity index (χ1n) is 8.38. The number of aryl methyl sites for hydroxylation is 3. The average Bonchev–Trinajstić information content (AvgIpc) is 3.06. The number of carbonyl (C=O) groups is 2. The predicted octanol–water partition coefficient (Wildman–Crippen LogP) is 5.45. The molecule has 0 aliphatic carbocycles. The van der Waals surface area contributed by atoms with Crippen LogP contribution in [-0.4, -0.2) is 11.8 Å².